The van der Waals surface area contributed by atoms with E-state index in [9.17, 15) is 42.9 Å². The lowest BCUT2D eigenvalue weighted by Crippen LogP contribution is -2.70. The molecule has 0 radical (unpaired) electrons. The predicted molar refractivity (Wildman–Crippen MR) is 232 cm³/mol. The van der Waals surface area contributed by atoms with E-state index in [4.69, 9.17) is 43.6 Å². The van der Waals surface area contributed by atoms with Gasteiger partial charge in [-0.3, -0.25) is 0 Å². The lowest BCUT2D eigenvalue weighted by Gasteiger charge is -2.50. The van der Waals surface area contributed by atoms with Gasteiger partial charge in [0.2, 0.25) is 16.3 Å². The molecule has 376 valence electrons. The normalized spacial score (nSPS) is 30.2. The summed E-state index contributed by atoms with van der Waals surface area (Å²) in [4.78, 5) is 52.9. The fourth-order valence-electron chi connectivity index (χ4n) is 7.13. The number of ether oxygens (including phenoxy) is 8. The summed E-state index contributed by atoms with van der Waals surface area (Å²) in [7, 11) is -3.10. The standard InChI is InChI=1S/C41H74N6O17S/c1-37(2,3)61-33(50)43-17-18-65(55,56)46-25-19-24(45-35(52)63-39(7,8)9)28(59-31-23(16-15-22(20-42)58-31)44-34(51)62-38(4,5)6)26(48)29(25)60-32-27(49)30(41(13,54)21-57-32)47(14)36(53)64-40(10,11)12/h15,23-32,46,48-49,54H,16-21,42H2,1-14H3,(H,43,50)(H,44,51)(H,45,52)/t23-,24+,25-,26+,27-,28-,29+,30-,31-,32-,41+/m1/s1. The van der Waals surface area contributed by atoms with E-state index in [1.165, 1.54) is 14.0 Å². The Hall–Kier alpha value is -3.75. The monoisotopic (exact) mass is 954 g/mol. The fraction of sp³-hybridized carbons (Fsp3) is 0.854. The second kappa shape index (κ2) is 21.5. The van der Waals surface area contributed by atoms with E-state index in [0.29, 0.717) is 0 Å². The SMILES string of the molecule is CN(C(=O)OC(C)(C)C)[C@@H]1[C@@H](O)[C@@H](O[C@@H]2[C@@H](O)[C@H](O[C@H]3OC(CN)=CC[C@H]3NC(=O)OC(C)(C)C)[C@@H](NC(=O)OC(C)(C)C)C[C@H]2NS(=O)(=O)CCNC(=O)OC(C)(C)C)OC[C@]1(C)O. The van der Waals surface area contributed by atoms with Gasteiger partial charge in [0, 0.05) is 13.6 Å². The highest BCUT2D eigenvalue weighted by Gasteiger charge is 2.55. The van der Waals surface area contributed by atoms with Gasteiger partial charge in [0.1, 0.15) is 58.2 Å². The van der Waals surface area contributed by atoms with Gasteiger partial charge in [-0.05, 0) is 109 Å². The van der Waals surface area contributed by atoms with Crippen molar-refractivity contribution >= 4 is 34.4 Å². The molecule has 9 N–H and O–H groups in total. The quantitative estimate of drug-likeness (QED) is 0.121. The Morgan fingerprint density at radius 1 is 0.785 bits per heavy atom. The smallest absolute Gasteiger partial charge is 0.410 e. The maximum Gasteiger partial charge on any atom is 0.410 e. The molecule has 1 aliphatic carbocycles. The number of carbonyl (C=O) groups is 4. The van der Waals surface area contributed by atoms with Crippen molar-refractivity contribution in [3.05, 3.63) is 11.8 Å². The number of carbonyl (C=O) groups excluding carboxylic acids is 4. The first-order valence-electron chi connectivity index (χ1n) is 21.5. The zero-order valence-corrected chi connectivity index (χ0v) is 40.9. The summed E-state index contributed by atoms with van der Waals surface area (Å²) in [6.45, 7) is 20.0. The number of likely N-dealkylation sites (N-methyl/N-ethyl adjacent to an activating group) is 1. The van der Waals surface area contributed by atoms with Crippen LogP contribution in [0.3, 0.4) is 0 Å². The maximum absolute atomic E-state index is 13.8. The number of alkyl carbamates (subject to hydrolysis) is 3. The zero-order valence-electron chi connectivity index (χ0n) is 40.1. The summed E-state index contributed by atoms with van der Waals surface area (Å²) >= 11 is 0. The summed E-state index contributed by atoms with van der Waals surface area (Å²) in [5.74, 6) is -0.421. The summed E-state index contributed by atoms with van der Waals surface area (Å²) in [5, 5.41) is 43.4. The minimum absolute atomic E-state index is 0.0796. The third-order valence-electron chi connectivity index (χ3n) is 9.61. The second-order valence-electron chi connectivity index (χ2n) is 20.6. The van der Waals surface area contributed by atoms with Gasteiger partial charge in [-0.15, -0.1) is 0 Å². The molecule has 0 unspecified atom stereocenters. The third-order valence-corrected chi connectivity index (χ3v) is 11.0. The summed E-state index contributed by atoms with van der Waals surface area (Å²) in [6.07, 6.45) is -12.4. The topological polar surface area (TPSA) is 314 Å². The van der Waals surface area contributed by atoms with Crippen molar-refractivity contribution in [1.29, 1.82) is 0 Å². The molecule has 65 heavy (non-hydrogen) atoms. The van der Waals surface area contributed by atoms with Crippen LogP contribution in [0.15, 0.2) is 11.8 Å². The van der Waals surface area contributed by atoms with Crippen LogP contribution < -0.4 is 26.4 Å². The molecule has 2 aliphatic heterocycles. The molecule has 1 saturated carbocycles. The third kappa shape index (κ3) is 17.8. The van der Waals surface area contributed by atoms with Crippen molar-refractivity contribution in [2.24, 2.45) is 5.73 Å². The van der Waals surface area contributed by atoms with Crippen LogP contribution >= 0.6 is 0 Å². The highest BCUT2D eigenvalue weighted by Crippen LogP contribution is 2.35. The molecular weight excluding hydrogens is 881 g/mol. The highest BCUT2D eigenvalue weighted by molar-refractivity contribution is 7.89. The summed E-state index contributed by atoms with van der Waals surface area (Å²) in [6, 6.07) is -5.15. The van der Waals surface area contributed by atoms with E-state index in [1.54, 1.807) is 89.2 Å². The first kappa shape index (κ1) is 55.6. The Kier molecular flexibility index (Phi) is 18.4. The molecular formula is C41H74N6O17S. The van der Waals surface area contributed by atoms with Gasteiger partial charge in [-0.1, -0.05) is 0 Å². The molecule has 2 fully saturated rings. The molecule has 24 heteroatoms. The van der Waals surface area contributed by atoms with Crippen molar-refractivity contribution < 1.29 is 80.8 Å². The molecule has 3 aliphatic rings. The van der Waals surface area contributed by atoms with Gasteiger partial charge in [0.05, 0.1) is 43.1 Å². The number of aliphatic hydroxyl groups excluding tert-OH is 2. The number of hydrogen-bond donors (Lipinski definition) is 8. The number of nitrogens with zero attached hydrogens (tertiary/aromatic N) is 1. The Morgan fingerprint density at radius 2 is 1.28 bits per heavy atom. The largest absolute Gasteiger partial charge is 0.466 e. The van der Waals surface area contributed by atoms with E-state index < -0.39 is 142 Å². The maximum atomic E-state index is 13.8. The number of nitrogens with one attached hydrogen (secondary N) is 4. The number of hydrogen-bond acceptors (Lipinski definition) is 18. The molecule has 4 amide bonds. The van der Waals surface area contributed by atoms with Crippen molar-refractivity contribution in [3.63, 3.8) is 0 Å². The van der Waals surface area contributed by atoms with Gasteiger partial charge < -0.3 is 79.8 Å². The van der Waals surface area contributed by atoms with Crippen LogP contribution in [-0.2, 0) is 47.9 Å². The minimum atomic E-state index is -4.39. The molecule has 0 bridgehead atoms. The summed E-state index contributed by atoms with van der Waals surface area (Å²) in [5.41, 5.74) is 0.332. The molecule has 11 atom stereocenters. The average Bonchev–Trinajstić information content (AvgIpc) is 3.09. The van der Waals surface area contributed by atoms with Crippen LogP contribution in [0.5, 0.6) is 0 Å². The van der Waals surface area contributed by atoms with Crippen LogP contribution in [0.2, 0.25) is 0 Å². The predicted octanol–water partition coefficient (Wildman–Crippen LogP) is 1.41. The number of rotatable bonds is 13. The number of aliphatic hydroxyl groups is 3. The fourth-order valence-corrected chi connectivity index (χ4v) is 8.31. The lowest BCUT2D eigenvalue weighted by molar-refractivity contribution is -0.311. The van der Waals surface area contributed by atoms with Crippen LogP contribution in [-0.4, -0.2) is 175 Å². The minimum Gasteiger partial charge on any atom is -0.466 e. The molecule has 1 saturated heterocycles. The Morgan fingerprint density at radius 3 is 1.80 bits per heavy atom. The Balaban J connectivity index is 2.10. The van der Waals surface area contributed by atoms with E-state index in [1.807, 2.05) is 0 Å². The molecule has 23 nitrogen and oxygen atoms in total. The van der Waals surface area contributed by atoms with E-state index >= 15 is 0 Å². The van der Waals surface area contributed by atoms with E-state index in [2.05, 4.69) is 20.7 Å². The van der Waals surface area contributed by atoms with Crippen molar-refractivity contribution in [1.82, 2.24) is 25.6 Å². The average molecular weight is 955 g/mol. The zero-order chi connectivity index (χ0) is 49.7. The first-order chi connectivity index (χ1) is 29.5. The van der Waals surface area contributed by atoms with Gasteiger partial charge in [-0.25, -0.2) is 32.3 Å². The van der Waals surface area contributed by atoms with E-state index in [0.717, 1.165) is 4.90 Å². The van der Waals surface area contributed by atoms with E-state index in [-0.39, 0.29) is 25.1 Å². The lowest BCUT2D eigenvalue weighted by atomic mass is 9.83. The molecule has 0 aromatic rings. The van der Waals surface area contributed by atoms with Gasteiger partial charge in [0.15, 0.2) is 6.29 Å². The highest BCUT2D eigenvalue weighted by atomic mass is 32.2. The number of sulfonamides is 1. The first-order valence-corrected chi connectivity index (χ1v) is 23.1. The molecule has 0 aromatic carbocycles. The van der Waals surface area contributed by atoms with Gasteiger partial charge >= 0.3 is 24.4 Å². The van der Waals surface area contributed by atoms with Crippen LogP contribution in [0.4, 0.5) is 19.2 Å². The molecule has 3 rings (SSSR count). The number of amides is 4. The van der Waals surface area contributed by atoms with Crippen LogP contribution in [0.1, 0.15) is 103 Å². The molecule has 0 aromatic heterocycles. The number of nitrogens with two attached hydrogens (primary N) is 1. The Bertz CT molecular complexity index is 1790. The molecule has 2 heterocycles. The van der Waals surface area contributed by atoms with Crippen molar-refractivity contribution in [2.45, 2.75) is 192 Å². The summed E-state index contributed by atoms with van der Waals surface area (Å²) < 4.78 is 76.3. The van der Waals surface area contributed by atoms with Crippen LogP contribution in [0.25, 0.3) is 0 Å². The van der Waals surface area contributed by atoms with Gasteiger partial charge in [-0.2, -0.15) is 0 Å². The molecule has 0 spiro atoms. The van der Waals surface area contributed by atoms with Crippen LogP contribution in [0, 0.1) is 0 Å². The van der Waals surface area contributed by atoms with Crippen molar-refractivity contribution in [2.75, 3.05) is 32.5 Å². The van der Waals surface area contributed by atoms with Crippen molar-refractivity contribution in [3.8, 4) is 0 Å². The van der Waals surface area contributed by atoms with Gasteiger partial charge in [0.25, 0.3) is 0 Å². The Labute approximate surface area is 382 Å². The second-order valence-corrected chi connectivity index (χ2v) is 22.4.